The highest BCUT2D eigenvalue weighted by atomic mass is 32.3. The van der Waals surface area contributed by atoms with Crippen LogP contribution in [0.4, 0.5) is 0 Å². The van der Waals surface area contributed by atoms with Gasteiger partial charge in [-0.3, -0.25) is 9.11 Å². The summed E-state index contributed by atoms with van der Waals surface area (Å²) in [7, 11) is -2.69. The van der Waals surface area contributed by atoms with Crippen molar-refractivity contribution in [2.75, 3.05) is 6.26 Å². The van der Waals surface area contributed by atoms with Gasteiger partial charge in [-0.2, -0.15) is 10.6 Å². The zero-order chi connectivity index (χ0) is 21.1. The lowest BCUT2D eigenvalue weighted by Crippen LogP contribution is -2.17. The molecule has 4 heteroatoms. The molecule has 0 saturated heterocycles. The van der Waals surface area contributed by atoms with Crippen LogP contribution in [0.15, 0.2) is 108 Å². The third-order valence-electron chi connectivity index (χ3n) is 5.45. The molecule has 0 radical (unpaired) electrons. The molecule has 1 aliphatic rings. The zero-order valence-corrected chi connectivity index (χ0v) is 18.0. The van der Waals surface area contributed by atoms with Crippen molar-refractivity contribution in [3.8, 4) is 0 Å². The van der Waals surface area contributed by atoms with E-state index in [2.05, 4.69) is 79.0 Å². The topological polar surface area (TPSA) is 52.5 Å². The van der Waals surface area contributed by atoms with E-state index >= 15 is 0 Å². The number of benzene rings is 3. The van der Waals surface area contributed by atoms with Crippen molar-refractivity contribution in [1.82, 2.24) is 5.32 Å². The summed E-state index contributed by atoms with van der Waals surface area (Å²) in [6, 6.07) is 22.6. The van der Waals surface area contributed by atoms with Gasteiger partial charge in [0, 0.05) is 25.3 Å². The highest BCUT2D eigenvalue weighted by Gasteiger charge is 2.14. The summed E-state index contributed by atoms with van der Waals surface area (Å²) in [6.45, 7) is 2.19. The Kier molecular flexibility index (Phi) is 5.82. The van der Waals surface area contributed by atoms with Gasteiger partial charge in [0.1, 0.15) is 0 Å². The molecule has 0 fully saturated rings. The summed E-state index contributed by atoms with van der Waals surface area (Å²) < 4.78 is 19.7. The average molecular weight is 420 g/mol. The standard InChI is InChI=1S/C26H27NO2S.H2/c1-19(25-13-7-10-21-8-4-6-12-26(21)25)27-23-11-5-3-9-22(18-23)20-14-16-24(17-15-20)30(2,28)29;/h3-19,22,27-29H,1-2H3;1H/t19-,22?;/m1./s1. The summed E-state index contributed by atoms with van der Waals surface area (Å²) in [4.78, 5) is 0.564. The van der Waals surface area contributed by atoms with Crippen LogP contribution < -0.4 is 5.32 Å². The maximum Gasteiger partial charge on any atom is 0.0580 e. The predicted molar refractivity (Wildman–Crippen MR) is 130 cm³/mol. The lowest BCUT2D eigenvalue weighted by molar-refractivity contribution is 0.495. The van der Waals surface area contributed by atoms with Crippen LogP contribution in [0.5, 0.6) is 0 Å². The summed E-state index contributed by atoms with van der Waals surface area (Å²) in [5, 5.41) is 6.17. The van der Waals surface area contributed by atoms with Gasteiger partial charge in [0.05, 0.1) is 4.90 Å². The molecule has 1 unspecified atom stereocenters. The maximum absolute atomic E-state index is 9.85. The molecule has 0 aromatic heterocycles. The minimum Gasteiger partial charge on any atom is -0.379 e. The van der Waals surface area contributed by atoms with E-state index in [0.717, 1.165) is 11.3 Å². The normalized spacial score (nSPS) is 18.0. The molecule has 3 nitrogen and oxygen atoms in total. The Morgan fingerprint density at radius 2 is 1.67 bits per heavy atom. The van der Waals surface area contributed by atoms with E-state index in [4.69, 9.17) is 0 Å². The van der Waals surface area contributed by atoms with Gasteiger partial charge in [-0.05, 0) is 53.1 Å². The van der Waals surface area contributed by atoms with Crippen LogP contribution >= 0.6 is 10.6 Å². The van der Waals surface area contributed by atoms with Crippen LogP contribution in [-0.4, -0.2) is 15.4 Å². The third-order valence-corrected chi connectivity index (χ3v) is 6.61. The molecule has 0 aliphatic heterocycles. The summed E-state index contributed by atoms with van der Waals surface area (Å²) >= 11 is 0. The molecule has 0 amide bonds. The molecule has 0 spiro atoms. The van der Waals surface area contributed by atoms with E-state index in [9.17, 15) is 9.11 Å². The number of fused-ring (bicyclic) bond motifs is 1. The molecule has 3 aromatic carbocycles. The highest BCUT2D eigenvalue weighted by Crippen LogP contribution is 2.44. The van der Waals surface area contributed by atoms with Gasteiger partial charge in [-0.1, -0.05) is 72.8 Å². The van der Waals surface area contributed by atoms with E-state index in [1.54, 1.807) is 12.1 Å². The molecule has 0 heterocycles. The van der Waals surface area contributed by atoms with Crippen LogP contribution in [0, 0.1) is 0 Å². The quantitative estimate of drug-likeness (QED) is 0.407. The van der Waals surface area contributed by atoms with E-state index in [1.165, 1.54) is 22.6 Å². The minimum atomic E-state index is -2.69. The highest BCUT2D eigenvalue weighted by molar-refractivity contribution is 8.23. The largest absolute Gasteiger partial charge is 0.379 e. The molecule has 0 saturated carbocycles. The monoisotopic (exact) mass is 419 g/mol. The second-order valence-corrected chi connectivity index (χ2v) is 9.87. The first-order valence-corrected chi connectivity index (χ1v) is 12.0. The first kappa shape index (κ1) is 20.5. The van der Waals surface area contributed by atoms with Crippen molar-refractivity contribution in [3.05, 3.63) is 114 Å². The molecule has 3 N–H and O–H groups in total. The maximum atomic E-state index is 9.85. The van der Waals surface area contributed by atoms with Crippen molar-refractivity contribution in [1.29, 1.82) is 0 Å². The van der Waals surface area contributed by atoms with Gasteiger partial charge >= 0.3 is 0 Å². The second kappa shape index (κ2) is 8.52. The van der Waals surface area contributed by atoms with Crippen LogP contribution in [0.1, 0.15) is 31.4 Å². The van der Waals surface area contributed by atoms with Crippen LogP contribution in [0.2, 0.25) is 0 Å². The van der Waals surface area contributed by atoms with Crippen LogP contribution in [0.25, 0.3) is 10.8 Å². The minimum absolute atomic E-state index is 0. The van der Waals surface area contributed by atoms with Gasteiger partial charge in [0.2, 0.25) is 0 Å². The van der Waals surface area contributed by atoms with Crippen LogP contribution in [0.3, 0.4) is 0 Å². The molecule has 4 rings (SSSR count). The first-order valence-electron chi connectivity index (χ1n) is 10.1. The van der Waals surface area contributed by atoms with Gasteiger partial charge in [-0.15, -0.1) is 0 Å². The Labute approximate surface area is 181 Å². The fourth-order valence-electron chi connectivity index (χ4n) is 3.85. The van der Waals surface area contributed by atoms with Crippen molar-refractivity contribution >= 4 is 21.4 Å². The van der Waals surface area contributed by atoms with Crippen LogP contribution in [-0.2, 0) is 0 Å². The van der Waals surface area contributed by atoms with Crippen molar-refractivity contribution in [3.63, 3.8) is 0 Å². The van der Waals surface area contributed by atoms with Crippen molar-refractivity contribution in [2.24, 2.45) is 0 Å². The second-order valence-electron chi connectivity index (χ2n) is 7.73. The summed E-state index contributed by atoms with van der Waals surface area (Å²) in [5.41, 5.74) is 3.45. The summed E-state index contributed by atoms with van der Waals surface area (Å²) in [5.74, 6) is 0.106. The molecule has 30 heavy (non-hydrogen) atoms. The van der Waals surface area contributed by atoms with Gasteiger partial charge in [0.15, 0.2) is 0 Å². The zero-order valence-electron chi connectivity index (χ0n) is 17.2. The molecule has 3 aromatic rings. The predicted octanol–water partition coefficient (Wildman–Crippen LogP) is 7.27. The van der Waals surface area contributed by atoms with Crippen molar-refractivity contribution < 1.29 is 10.5 Å². The van der Waals surface area contributed by atoms with Gasteiger partial charge < -0.3 is 5.32 Å². The lowest BCUT2D eigenvalue weighted by Gasteiger charge is -2.27. The fourth-order valence-corrected chi connectivity index (χ4v) is 4.51. The molecule has 0 bridgehead atoms. The summed E-state index contributed by atoms with van der Waals surface area (Å²) in [6.07, 6.45) is 12.0. The first-order chi connectivity index (χ1) is 14.4. The molecular weight excluding hydrogens is 390 g/mol. The Morgan fingerprint density at radius 3 is 2.43 bits per heavy atom. The van der Waals surface area contributed by atoms with E-state index in [0.29, 0.717) is 4.90 Å². The molecule has 2 atom stereocenters. The van der Waals surface area contributed by atoms with E-state index in [1.807, 2.05) is 18.2 Å². The molecule has 1 aliphatic carbocycles. The SMILES string of the molecule is C[C@@H](NC1=CC(c2ccc(S(C)(O)O)cc2)C=CC=C1)c1cccc2ccccc12.[HH]. The number of allylic oxidation sites excluding steroid dienone is 5. The third kappa shape index (κ3) is 4.51. The number of nitrogens with one attached hydrogen (secondary N) is 1. The van der Waals surface area contributed by atoms with E-state index in [-0.39, 0.29) is 13.4 Å². The fraction of sp³-hybridized carbons (Fsp3) is 0.154. The Balaban J connectivity index is 0.00000272. The average Bonchev–Trinajstić information content (AvgIpc) is 2.98. The Hall–Kier alpha value is -2.79. The number of hydrogen-bond acceptors (Lipinski definition) is 3. The van der Waals surface area contributed by atoms with Gasteiger partial charge in [-0.25, -0.2) is 0 Å². The molecule has 156 valence electrons. The van der Waals surface area contributed by atoms with Crippen molar-refractivity contribution in [2.45, 2.75) is 23.8 Å². The smallest absolute Gasteiger partial charge is 0.0580 e. The van der Waals surface area contributed by atoms with E-state index < -0.39 is 10.6 Å². The lowest BCUT2D eigenvalue weighted by atomic mass is 9.97. The Morgan fingerprint density at radius 1 is 0.933 bits per heavy atom. The molecular formula is C26H29NO2S. The van der Waals surface area contributed by atoms with Gasteiger partial charge in [0.25, 0.3) is 0 Å². The number of rotatable bonds is 5. The Bertz CT molecular complexity index is 1120. The number of hydrogen-bond donors (Lipinski definition) is 3.